The molecular formula is C12H16N2O2. The van der Waals surface area contributed by atoms with Gasteiger partial charge >= 0.3 is 5.97 Å². The summed E-state index contributed by atoms with van der Waals surface area (Å²) in [6, 6.07) is 1.44. The Balaban J connectivity index is 2.14. The number of carboxylic acid groups (broad SMARTS) is 1. The molecule has 4 heteroatoms. The molecule has 0 unspecified atom stereocenters. The molecule has 4 nitrogen and oxygen atoms in total. The minimum absolute atomic E-state index is 0.101. The van der Waals surface area contributed by atoms with Crippen LogP contribution >= 0.6 is 0 Å². The lowest BCUT2D eigenvalue weighted by molar-refractivity contribution is 0.0689. The summed E-state index contributed by atoms with van der Waals surface area (Å²) in [5.41, 5.74) is 0.101. The van der Waals surface area contributed by atoms with E-state index in [1.54, 1.807) is 6.20 Å². The van der Waals surface area contributed by atoms with Crippen molar-refractivity contribution < 1.29 is 9.90 Å². The first-order valence-corrected chi connectivity index (χ1v) is 5.73. The lowest BCUT2D eigenvalue weighted by Gasteiger charge is -2.24. The Morgan fingerprint density at radius 1 is 1.38 bits per heavy atom. The largest absolute Gasteiger partial charge is 0.477 e. The maximum Gasteiger partial charge on any atom is 0.354 e. The van der Waals surface area contributed by atoms with Crippen molar-refractivity contribution >= 4 is 5.97 Å². The van der Waals surface area contributed by atoms with E-state index in [-0.39, 0.29) is 5.69 Å². The number of carboxylic acids is 1. The highest BCUT2D eigenvalue weighted by Crippen LogP contribution is 2.33. The first-order valence-electron chi connectivity index (χ1n) is 5.73. The number of rotatable bonds is 2. The summed E-state index contributed by atoms with van der Waals surface area (Å²) in [7, 11) is 0. The lowest BCUT2D eigenvalue weighted by atomic mass is 9.82. The summed E-state index contributed by atoms with van der Waals surface area (Å²) in [4.78, 5) is 19.1. The van der Waals surface area contributed by atoms with Gasteiger partial charge in [0.1, 0.15) is 5.82 Å². The number of nitrogens with zero attached hydrogens (tertiary/aromatic N) is 2. The molecule has 0 aromatic carbocycles. The zero-order valence-corrected chi connectivity index (χ0v) is 9.39. The number of aromatic carboxylic acids is 1. The van der Waals surface area contributed by atoms with Crippen LogP contribution in [0.2, 0.25) is 0 Å². The Kier molecular flexibility index (Phi) is 3.17. The second-order valence-electron chi connectivity index (χ2n) is 4.56. The van der Waals surface area contributed by atoms with Crippen LogP contribution in [0.15, 0.2) is 12.3 Å². The predicted molar refractivity (Wildman–Crippen MR) is 59.4 cm³/mol. The fourth-order valence-electron chi connectivity index (χ4n) is 2.21. The molecule has 1 aliphatic rings. The second-order valence-corrected chi connectivity index (χ2v) is 4.56. The van der Waals surface area contributed by atoms with Crippen LogP contribution in [0.25, 0.3) is 0 Å². The number of hydrogen-bond donors (Lipinski definition) is 1. The van der Waals surface area contributed by atoms with Crippen molar-refractivity contribution in [3.8, 4) is 0 Å². The van der Waals surface area contributed by atoms with Crippen LogP contribution in [0.3, 0.4) is 0 Å². The van der Waals surface area contributed by atoms with Gasteiger partial charge in [-0.1, -0.05) is 19.8 Å². The van der Waals surface area contributed by atoms with Gasteiger partial charge in [-0.3, -0.25) is 0 Å². The van der Waals surface area contributed by atoms with E-state index in [1.807, 2.05) is 0 Å². The van der Waals surface area contributed by atoms with Crippen molar-refractivity contribution in [1.29, 1.82) is 0 Å². The van der Waals surface area contributed by atoms with Gasteiger partial charge in [0, 0.05) is 12.1 Å². The third-order valence-corrected chi connectivity index (χ3v) is 3.27. The molecule has 0 saturated heterocycles. The van der Waals surface area contributed by atoms with Crippen LogP contribution in [-0.2, 0) is 0 Å². The number of aromatic nitrogens is 2. The zero-order valence-electron chi connectivity index (χ0n) is 9.39. The van der Waals surface area contributed by atoms with Crippen LogP contribution in [-0.4, -0.2) is 21.0 Å². The average Bonchev–Trinajstić information content (AvgIpc) is 2.30. The van der Waals surface area contributed by atoms with Crippen molar-refractivity contribution in [2.75, 3.05) is 0 Å². The minimum atomic E-state index is -0.979. The Labute approximate surface area is 94.7 Å². The van der Waals surface area contributed by atoms with Gasteiger partial charge in [-0.15, -0.1) is 0 Å². The topological polar surface area (TPSA) is 63.1 Å². The Morgan fingerprint density at radius 3 is 2.69 bits per heavy atom. The van der Waals surface area contributed by atoms with E-state index in [4.69, 9.17) is 5.11 Å². The molecule has 1 saturated carbocycles. The lowest BCUT2D eigenvalue weighted by Crippen LogP contribution is -2.15. The van der Waals surface area contributed by atoms with E-state index in [0.717, 1.165) is 18.8 Å². The van der Waals surface area contributed by atoms with Gasteiger partial charge < -0.3 is 5.11 Å². The van der Waals surface area contributed by atoms with Crippen LogP contribution in [0.1, 0.15) is 54.8 Å². The predicted octanol–water partition coefficient (Wildman–Crippen LogP) is 2.47. The SMILES string of the molecule is CC1CCC(c2nccc(C(=O)O)n2)CC1. The van der Waals surface area contributed by atoms with Crippen molar-refractivity contribution in [3.05, 3.63) is 23.8 Å². The maximum atomic E-state index is 10.8. The molecule has 0 radical (unpaired) electrons. The van der Waals surface area contributed by atoms with Crippen LogP contribution in [0.5, 0.6) is 0 Å². The Bertz CT molecular complexity index is 384. The molecule has 0 amide bonds. The quantitative estimate of drug-likeness (QED) is 0.831. The number of carbonyl (C=O) groups is 1. The molecule has 1 aromatic heterocycles. The second kappa shape index (κ2) is 4.60. The van der Waals surface area contributed by atoms with Gasteiger partial charge in [0.2, 0.25) is 0 Å². The maximum absolute atomic E-state index is 10.8. The van der Waals surface area contributed by atoms with Gasteiger partial charge in [-0.2, -0.15) is 0 Å². The molecular weight excluding hydrogens is 204 g/mol. The summed E-state index contributed by atoms with van der Waals surface area (Å²) in [5.74, 6) is 0.842. The number of hydrogen-bond acceptors (Lipinski definition) is 3. The van der Waals surface area contributed by atoms with Crippen LogP contribution < -0.4 is 0 Å². The fraction of sp³-hybridized carbons (Fsp3) is 0.583. The molecule has 0 aliphatic heterocycles. The molecule has 1 aliphatic carbocycles. The molecule has 86 valence electrons. The molecule has 1 aromatic rings. The first kappa shape index (κ1) is 11.0. The first-order chi connectivity index (χ1) is 7.66. The highest BCUT2D eigenvalue weighted by molar-refractivity contribution is 5.85. The van der Waals surface area contributed by atoms with Crippen molar-refractivity contribution in [1.82, 2.24) is 9.97 Å². The van der Waals surface area contributed by atoms with Crippen molar-refractivity contribution in [3.63, 3.8) is 0 Å². The van der Waals surface area contributed by atoms with Gasteiger partial charge in [-0.05, 0) is 24.8 Å². The molecule has 16 heavy (non-hydrogen) atoms. The van der Waals surface area contributed by atoms with E-state index < -0.39 is 5.97 Å². The fourth-order valence-corrected chi connectivity index (χ4v) is 2.21. The molecule has 1 heterocycles. The van der Waals surface area contributed by atoms with E-state index in [2.05, 4.69) is 16.9 Å². The molecule has 0 atom stereocenters. The molecule has 0 bridgehead atoms. The standard InChI is InChI=1S/C12H16N2O2/c1-8-2-4-9(5-3-8)11-13-7-6-10(14-11)12(15)16/h6-9H,2-5H2,1H3,(H,15,16). The summed E-state index contributed by atoms with van der Waals surface area (Å²) >= 11 is 0. The van der Waals surface area contributed by atoms with E-state index in [9.17, 15) is 4.79 Å². The normalized spacial score (nSPS) is 25.3. The monoisotopic (exact) mass is 220 g/mol. The van der Waals surface area contributed by atoms with Crippen LogP contribution in [0.4, 0.5) is 0 Å². The molecule has 1 fully saturated rings. The smallest absolute Gasteiger partial charge is 0.354 e. The highest BCUT2D eigenvalue weighted by atomic mass is 16.4. The summed E-state index contributed by atoms with van der Waals surface area (Å²) in [5, 5.41) is 8.86. The summed E-state index contributed by atoms with van der Waals surface area (Å²) < 4.78 is 0. The van der Waals surface area contributed by atoms with Gasteiger partial charge in [0.15, 0.2) is 5.69 Å². The van der Waals surface area contributed by atoms with E-state index >= 15 is 0 Å². The zero-order chi connectivity index (χ0) is 11.5. The summed E-state index contributed by atoms with van der Waals surface area (Å²) in [6.45, 7) is 2.25. The third kappa shape index (κ3) is 2.38. The van der Waals surface area contributed by atoms with Crippen molar-refractivity contribution in [2.24, 2.45) is 5.92 Å². The van der Waals surface area contributed by atoms with Gasteiger partial charge in [0.05, 0.1) is 0 Å². The minimum Gasteiger partial charge on any atom is -0.477 e. The van der Waals surface area contributed by atoms with Crippen molar-refractivity contribution in [2.45, 2.75) is 38.5 Å². The Hall–Kier alpha value is -1.45. The van der Waals surface area contributed by atoms with Gasteiger partial charge in [-0.25, -0.2) is 14.8 Å². The van der Waals surface area contributed by atoms with Gasteiger partial charge in [0.25, 0.3) is 0 Å². The molecule has 2 rings (SSSR count). The molecule has 1 N–H and O–H groups in total. The van der Waals surface area contributed by atoms with E-state index in [1.165, 1.54) is 18.9 Å². The molecule has 0 spiro atoms. The average molecular weight is 220 g/mol. The van der Waals surface area contributed by atoms with E-state index in [0.29, 0.717) is 11.7 Å². The Morgan fingerprint density at radius 2 is 2.06 bits per heavy atom. The third-order valence-electron chi connectivity index (χ3n) is 3.27. The highest BCUT2D eigenvalue weighted by Gasteiger charge is 2.22. The van der Waals surface area contributed by atoms with Crippen LogP contribution in [0, 0.1) is 5.92 Å². The summed E-state index contributed by atoms with van der Waals surface area (Å²) in [6.07, 6.45) is 6.06.